The standard InChI is InChI=1S/C4H2N2S2/c5-1-3-4(7)2-8-6-3/h2,7H. The van der Waals surface area contributed by atoms with Crippen LogP contribution in [-0.4, -0.2) is 4.37 Å². The quantitative estimate of drug-likeness (QED) is 0.554. The molecule has 0 amide bonds. The minimum absolute atomic E-state index is 0.415. The van der Waals surface area contributed by atoms with Gasteiger partial charge >= 0.3 is 0 Å². The summed E-state index contributed by atoms with van der Waals surface area (Å²) in [7, 11) is 0. The number of thiol groups is 1. The monoisotopic (exact) mass is 142 g/mol. The summed E-state index contributed by atoms with van der Waals surface area (Å²) in [5, 5.41) is 9.98. The topological polar surface area (TPSA) is 36.7 Å². The highest BCUT2D eigenvalue weighted by Crippen LogP contribution is 2.12. The van der Waals surface area contributed by atoms with Crippen molar-refractivity contribution < 1.29 is 0 Å². The second-order valence-electron chi connectivity index (χ2n) is 1.16. The SMILES string of the molecule is N#Cc1nscc1S. The minimum atomic E-state index is 0.415. The van der Waals surface area contributed by atoms with Crippen LogP contribution in [0.2, 0.25) is 0 Å². The zero-order valence-electron chi connectivity index (χ0n) is 3.83. The third-order valence-corrected chi connectivity index (χ3v) is 1.80. The van der Waals surface area contributed by atoms with Crippen LogP contribution in [0.4, 0.5) is 0 Å². The molecule has 40 valence electrons. The van der Waals surface area contributed by atoms with Crippen molar-refractivity contribution in [3.8, 4) is 6.07 Å². The third kappa shape index (κ3) is 0.831. The fourth-order valence-corrected chi connectivity index (χ4v) is 1.13. The molecule has 0 N–H and O–H groups in total. The van der Waals surface area contributed by atoms with Gasteiger partial charge in [0.1, 0.15) is 6.07 Å². The first kappa shape index (κ1) is 5.60. The second kappa shape index (κ2) is 2.16. The highest BCUT2D eigenvalue weighted by molar-refractivity contribution is 7.80. The lowest BCUT2D eigenvalue weighted by Crippen LogP contribution is -1.68. The maximum Gasteiger partial charge on any atom is 0.167 e. The van der Waals surface area contributed by atoms with Crippen LogP contribution in [0.1, 0.15) is 5.69 Å². The molecule has 0 aliphatic heterocycles. The maximum absolute atomic E-state index is 8.25. The van der Waals surface area contributed by atoms with E-state index in [0.29, 0.717) is 10.6 Å². The van der Waals surface area contributed by atoms with Crippen LogP contribution in [0.5, 0.6) is 0 Å². The smallest absolute Gasteiger partial charge is 0.167 e. The summed E-state index contributed by atoms with van der Waals surface area (Å²) in [5.41, 5.74) is 0.415. The summed E-state index contributed by atoms with van der Waals surface area (Å²) in [6.45, 7) is 0. The molecule has 2 nitrogen and oxygen atoms in total. The van der Waals surface area contributed by atoms with Crippen LogP contribution in [0.3, 0.4) is 0 Å². The van der Waals surface area contributed by atoms with Gasteiger partial charge in [-0.25, -0.2) is 0 Å². The van der Waals surface area contributed by atoms with Gasteiger partial charge in [-0.15, -0.1) is 12.6 Å². The molecular formula is C4H2N2S2. The molecule has 0 aromatic carbocycles. The van der Waals surface area contributed by atoms with Crippen LogP contribution in [0.15, 0.2) is 10.3 Å². The van der Waals surface area contributed by atoms with Gasteiger partial charge in [-0.05, 0) is 11.5 Å². The Morgan fingerprint density at radius 1 is 1.88 bits per heavy atom. The van der Waals surface area contributed by atoms with E-state index in [0.717, 1.165) is 0 Å². The van der Waals surface area contributed by atoms with Crippen molar-refractivity contribution >= 4 is 24.2 Å². The number of hydrogen-bond acceptors (Lipinski definition) is 4. The molecule has 1 heterocycles. The Kier molecular flexibility index (Phi) is 1.51. The molecule has 1 rings (SSSR count). The summed E-state index contributed by atoms with van der Waals surface area (Å²) in [5.74, 6) is 0. The van der Waals surface area contributed by atoms with Crippen LogP contribution in [0, 0.1) is 11.3 Å². The average Bonchev–Trinajstić information content (AvgIpc) is 2.14. The lowest BCUT2D eigenvalue weighted by atomic mass is 10.5. The molecule has 0 saturated heterocycles. The van der Waals surface area contributed by atoms with Gasteiger partial charge in [0, 0.05) is 5.38 Å². The first-order chi connectivity index (χ1) is 3.84. The number of aromatic nitrogens is 1. The van der Waals surface area contributed by atoms with E-state index < -0.39 is 0 Å². The van der Waals surface area contributed by atoms with Crippen molar-refractivity contribution in [1.29, 1.82) is 5.26 Å². The van der Waals surface area contributed by atoms with E-state index in [1.54, 1.807) is 5.38 Å². The van der Waals surface area contributed by atoms with Gasteiger partial charge in [0.15, 0.2) is 5.69 Å². The lowest BCUT2D eigenvalue weighted by Gasteiger charge is -1.73. The van der Waals surface area contributed by atoms with Crippen LogP contribution in [-0.2, 0) is 0 Å². The van der Waals surface area contributed by atoms with Crippen LogP contribution < -0.4 is 0 Å². The summed E-state index contributed by atoms with van der Waals surface area (Å²) < 4.78 is 3.74. The molecule has 0 unspecified atom stereocenters. The molecular weight excluding hydrogens is 140 g/mol. The Morgan fingerprint density at radius 3 is 2.88 bits per heavy atom. The van der Waals surface area contributed by atoms with E-state index >= 15 is 0 Å². The molecule has 0 aliphatic carbocycles. The van der Waals surface area contributed by atoms with Gasteiger partial charge in [-0.3, -0.25) is 0 Å². The summed E-state index contributed by atoms with van der Waals surface area (Å²) in [6.07, 6.45) is 0. The van der Waals surface area contributed by atoms with Gasteiger partial charge in [0.25, 0.3) is 0 Å². The van der Waals surface area contributed by atoms with Crippen molar-refractivity contribution in [2.75, 3.05) is 0 Å². The van der Waals surface area contributed by atoms with Gasteiger partial charge in [-0.1, -0.05) is 0 Å². The zero-order valence-corrected chi connectivity index (χ0v) is 5.54. The lowest BCUT2D eigenvalue weighted by molar-refractivity contribution is 1.33. The third-order valence-electron chi connectivity index (χ3n) is 0.657. The van der Waals surface area contributed by atoms with Gasteiger partial charge < -0.3 is 0 Å². The van der Waals surface area contributed by atoms with E-state index in [2.05, 4.69) is 17.0 Å². The Labute approximate surface area is 56.3 Å². The van der Waals surface area contributed by atoms with Crippen LogP contribution in [0.25, 0.3) is 0 Å². The maximum atomic E-state index is 8.25. The van der Waals surface area contributed by atoms with Crippen molar-refractivity contribution in [2.24, 2.45) is 0 Å². The van der Waals surface area contributed by atoms with E-state index in [1.165, 1.54) is 11.5 Å². The molecule has 0 spiro atoms. The summed E-state index contributed by atoms with van der Waals surface area (Å²) >= 11 is 5.20. The predicted molar refractivity (Wildman–Crippen MR) is 34.1 cm³/mol. The Hall–Kier alpha value is -0.530. The zero-order chi connectivity index (χ0) is 5.98. The minimum Gasteiger partial charge on any atom is -0.191 e. The van der Waals surface area contributed by atoms with Crippen molar-refractivity contribution in [2.45, 2.75) is 4.90 Å². The van der Waals surface area contributed by atoms with E-state index in [4.69, 9.17) is 5.26 Å². The number of rotatable bonds is 0. The summed E-state index contributed by atoms with van der Waals surface area (Å²) in [4.78, 5) is 0.664. The van der Waals surface area contributed by atoms with Crippen molar-refractivity contribution in [3.63, 3.8) is 0 Å². The average molecular weight is 142 g/mol. The second-order valence-corrected chi connectivity index (χ2v) is 2.27. The first-order valence-corrected chi connectivity index (χ1v) is 3.16. The molecule has 1 aromatic heterocycles. The number of nitriles is 1. The molecule has 8 heavy (non-hydrogen) atoms. The molecule has 0 saturated carbocycles. The van der Waals surface area contributed by atoms with Crippen molar-refractivity contribution in [1.82, 2.24) is 4.37 Å². The molecule has 1 aromatic rings. The van der Waals surface area contributed by atoms with E-state index in [1.807, 2.05) is 6.07 Å². The van der Waals surface area contributed by atoms with Gasteiger partial charge in [0.2, 0.25) is 0 Å². The fraction of sp³-hybridized carbons (Fsp3) is 0. The highest BCUT2D eigenvalue weighted by atomic mass is 32.1. The molecule has 4 heteroatoms. The first-order valence-electron chi connectivity index (χ1n) is 1.88. The Bertz CT molecular complexity index is 222. The molecule has 0 bridgehead atoms. The van der Waals surface area contributed by atoms with Gasteiger partial charge in [-0.2, -0.15) is 9.64 Å². The highest BCUT2D eigenvalue weighted by Gasteiger charge is 1.96. The number of hydrogen-bond donors (Lipinski definition) is 1. The molecule has 0 fully saturated rings. The van der Waals surface area contributed by atoms with E-state index in [9.17, 15) is 0 Å². The summed E-state index contributed by atoms with van der Waals surface area (Å²) in [6, 6.07) is 1.90. The Morgan fingerprint density at radius 2 is 2.62 bits per heavy atom. The predicted octanol–water partition coefficient (Wildman–Crippen LogP) is 1.30. The van der Waals surface area contributed by atoms with Gasteiger partial charge in [0.05, 0.1) is 4.90 Å². The largest absolute Gasteiger partial charge is 0.191 e. The fourth-order valence-electron chi connectivity index (χ4n) is 0.309. The molecule has 0 radical (unpaired) electrons. The molecule has 0 atom stereocenters. The van der Waals surface area contributed by atoms with E-state index in [-0.39, 0.29) is 0 Å². The Balaban J connectivity index is 3.15. The molecule has 0 aliphatic rings. The van der Waals surface area contributed by atoms with Crippen LogP contribution >= 0.6 is 24.2 Å². The normalized spacial score (nSPS) is 8.50. The van der Waals surface area contributed by atoms with Crippen molar-refractivity contribution in [3.05, 3.63) is 11.1 Å². The number of nitrogens with zero attached hydrogens (tertiary/aromatic N) is 2.